The molecule has 1 aromatic rings. The standard InChI is InChI=1S/C33H40O10/c1-18-14-15-32(7,8)30(38)28(41-22(5)35)27(40-21(4)34)19(2)16-25-26(42-31(39)24-12-10-9-11-13-24)20(3)17-33(25,29(18)37)43-23(6)36/h9-16,18,20,25-28H,17H2,1-8H3/t18-,20+,25+,26+,27+,28+,33+/m1/s1. The van der Waals surface area contributed by atoms with Crippen LogP contribution in [0.1, 0.15) is 72.2 Å². The lowest BCUT2D eigenvalue weighted by molar-refractivity contribution is -0.171. The Morgan fingerprint density at radius 3 is 1.95 bits per heavy atom. The summed E-state index contributed by atoms with van der Waals surface area (Å²) in [6.45, 7) is 11.6. The SMILES string of the molecule is CC(=O)O[C@@H]1C(=O)C(C)(C)C=C[C@@H](C)C(=O)[C@]2(OC(C)=O)C[C@H](C)[C@H](OC(=O)c3ccccc3)[C@@H]2C=C(C)[C@@H]1OC(C)=O. The highest BCUT2D eigenvalue weighted by molar-refractivity contribution is 5.95. The number of benzene rings is 1. The van der Waals surface area contributed by atoms with E-state index in [1.54, 1.807) is 71.0 Å². The molecule has 0 aliphatic heterocycles. The van der Waals surface area contributed by atoms with Crippen LogP contribution in [0.5, 0.6) is 0 Å². The molecule has 10 nitrogen and oxygen atoms in total. The van der Waals surface area contributed by atoms with E-state index in [9.17, 15) is 28.8 Å². The zero-order chi connectivity index (χ0) is 32.3. The van der Waals surface area contributed by atoms with Crippen molar-refractivity contribution in [2.24, 2.45) is 23.2 Å². The molecule has 0 spiro atoms. The highest BCUT2D eigenvalue weighted by atomic mass is 16.6. The molecule has 0 bridgehead atoms. The summed E-state index contributed by atoms with van der Waals surface area (Å²) in [5, 5.41) is 0. The smallest absolute Gasteiger partial charge is 0.338 e. The number of Topliss-reactive ketones (excluding diaryl/α,β-unsaturated/α-hetero) is 2. The molecule has 1 saturated carbocycles. The first kappa shape index (κ1) is 33.4. The number of ketones is 2. The van der Waals surface area contributed by atoms with Gasteiger partial charge >= 0.3 is 23.9 Å². The van der Waals surface area contributed by atoms with Gasteiger partial charge in [0.1, 0.15) is 6.10 Å². The largest absolute Gasteiger partial charge is 0.458 e. The van der Waals surface area contributed by atoms with Crippen molar-refractivity contribution in [2.75, 3.05) is 0 Å². The van der Waals surface area contributed by atoms with Crippen molar-refractivity contribution in [2.45, 2.75) is 85.7 Å². The van der Waals surface area contributed by atoms with Crippen LogP contribution in [0.15, 0.2) is 54.1 Å². The van der Waals surface area contributed by atoms with Crippen molar-refractivity contribution in [3.63, 3.8) is 0 Å². The van der Waals surface area contributed by atoms with Gasteiger partial charge in [-0.25, -0.2) is 4.79 Å². The first-order valence-corrected chi connectivity index (χ1v) is 14.3. The van der Waals surface area contributed by atoms with Gasteiger partial charge < -0.3 is 18.9 Å². The molecule has 0 N–H and O–H groups in total. The molecule has 232 valence electrons. The van der Waals surface area contributed by atoms with Gasteiger partial charge in [-0.05, 0) is 44.4 Å². The van der Waals surface area contributed by atoms with E-state index >= 15 is 0 Å². The van der Waals surface area contributed by atoms with E-state index in [1.165, 1.54) is 19.1 Å². The molecule has 2 aliphatic carbocycles. The zero-order valence-corrected chi connectivity index (χ0v) is 25.9. The first-order chi connectivity index (χ1) is 20.0. The second kappa shape index (κ2) is 13.1. The van der Waals surface area contributed by atoms with Gasteiger partial charge in [0.15, 0.2) is 23.3 Å². The van der Waals surface area contributed by atoms with Gasteiger partial charge in [-0.3, -0.25) is 24.0 Å². The van der Waals surface area contributed by atoms with E-state index in [4.69, 9.17) is 18.9 Å². The van der Waals surface area contributed by atoms with E-state index in [2.05, 4.69) is 0 Å². The fourth-order valence-electron chi connectivity index (χ4n) is 5.90. The number of ether oxygens (including phenoxy) is 4. The molecule has 0 radical (unpaired) electrons. The summed E-state index contributed by atoms with van der Waals surface area (Å²) in [6, 6.07) is 8.31. The van der Waals surface area contributed by atoms with E-state index in [0.717, 1.165) is 13.8 Å². The fourth-order valence-corrected chi connectivity index (χ4v) is 5.90. The topological polar surface area (TPSA) is 139 Å². The van der Waals surface area contributed by atoms with Gasteiger partial charge in [-0.15, -0.1) is 0 Å². The maximum Gasteiger partial charge on any atom is 0.338 e. The monoisotopic (exact) mass is 596 g/mol. The minimum atomic E-state index is -1.76. The third kappa shape index (κ3) is 7.29. The van der Waals surface area contributed by atoms with Crippen molar-refractivity contribution >= 4 is 35.4 Å². The number of allylic oxidation sites excluding steroid dienone is 2. The summed E-state index contributed by atoms with van der Waals surface area (Å²) in [4.78, 5) is 78.3. The Balaban J connectivity index is 2.31. The van der Waals surface area contributed by atoms with Crippen molar-refractivity contribution in [1.29, 1.82) is 0 Å². The summed E-state index contributed by atoms with van der Waals surface area (Å²) >= 11 is 0. The van der Waals surface area contributed by atoms with Crippen molar-refractivity contribution in [3.05, 3.63) is 59.7 Å². The molecule has 1 fully saturated rings. The van der Waals surface area contributed by atoms with Crippen LogP contribution in [0.3, 0.4) is 0 Å². The Morgan fingerprint density at radius 1 is 0.814 bits per heavy atom. The van der Waals surface area contributed by atoms with Gasteiger partial charge in [0.25, 0.3) is 0 Å². The van der Waals surface area contributed by atoms with Crippen molar-refractivity contribution in [1.82, 2.24) is 0 Å². The first-order valence-electron chi connectivity index (χ1n) is 14.3. The van der Waals surface area contributed by atoms with Crippen LogP contribution in [-0.4, -0.2) is 59.4 Å². The highest BCUT2D eigenvalue weighted by Gasteiger charge is 2.61. The van der Waals surface area contributed by atoms with Gasteiger partial charge in [-0.2, -0.15) is 0 Å². The van der Waals surface area contributed by atoms with Crippen LogP contribution in [0.2, 0.25) is 0 Å². The second-order valence-electron chi connectivity index (χ2n) is 12.0. The summed E-state index contributed by atoms with van der Waals surface area (Å²) in [5.41, 5.74) is -2.48. The lowest BCUT2D eigenvalue weighted by Gasteiger charge is -2.37. The molecule has 1 aromatic carbocycles. The normalized spacial score (nSPS) is 30.6. The lowest BCUT2D eigenvalue weighted by atomic mass is 9.76. The molecule has 3 rings (SSSR count). The van der Waals surface area contributed by atoms with Gasteiger partial charge in [-0.1, -0.05) is 50.3 Å². The molecule has 0 heterocycles. The average molecular weight is 597 g/mol. The minimum Gasteiger partial charge on any atom is -0.458 e. The fraction of sp³-hybridized carbons (Fsp3) is 0.515. The zero-order valence-electron chi connectivity index (χ0n) is 25.9. The third-order valence-corrected chi connectivity index (χ3v) is 7.93. The summed E-state index contributed by atoms with van der Waals surface area (Å²) in [6.07, 6.45) is 0.776. The molecule has 43 heavy (non-hydrogen) atoms. The number of hydrogen-bond acceptors (Lipinski definition) is 10. The molecule has 10 heteroatoms. The average Bonchev–Trinajstić information content (AvgIpc) is 3.17. The van der Waals surface area contributed by atoms with E-state index in [0.29, 0.717) is 0 Å². The Labute approximate surface area is 251 Å². The molecule has 7 atom stereocenters. The number of hydrogen-bond donors (Lipinski definition) is 0. The predicted octanol–water partition coefficient (Wildman–Crippen LogP) is 4.35. The Kier molecular flexibility index (Phi) is 10.1. The van der Waals surface area contributed by atoms with Gasteiger partial charge in [0, 0.05) is 38.5 Å². The number of carbonyl (C=O) groups excluding carboxylic acids is 6. The maximum absolute atomic E-state index is 14.3. The number of rotatable bonds is 5. The van der Waals surface area contributed by atoms with Gasteiger partial charge in [0.2, 0.25) is 6.10 Å². The Morgan fingerprint density at radius 2 is 1.40 bits per heavy atom. The molecule has 0 saturated heterocycles. The number of esters is 4. The van der Waals surface area contributed by atoms with Gasteiger partial charge in [0.05, 0.1) is 11.5 Å². The quantitative estimate of drug-likeness (QED) is 0.274. The van der Waals surface area contributed by atoms with Crippen LogP contribution < -0.4 is 0 Å². The van der Waals surface area contributed by atoms with Crippen molar-refractivity contribution < 1.29 is 47.7 Å². The van der Waals surface area contributed by atoms with E-state index in [1.807, 2.05) is 0 Å². The molecule has 0 unspecified atom stereocenters. The highest BCUT2D eigenvalue weighted by Crippen LogP contribution is 2.48. The van der Waals surface area contributed by atoms with Crippen LogP contribution in [0.4, 0.5) is 0 Å². The van der Waals surface area contributed by atoms with Crippen LogP contribution in [-0.2, 0) is 42.9 Å². The molecular formula is C33H40O10. The Hall–Kier alpha value is -4.08. The number of carbonyl (C=O) groups is 6. The molecule has 0 aromatic heterocycles. The number of fused-ring (bicyclic) bond motifs is 1. The summed E-state index contributed by atoms with van der Waals surface area (Å²) < 4.78 is 22.9. The Bertz CT molecular complexity index is 1340. The van der Waals surface area contributed by atoms with Crippen molar-refractivity contribution in [3.8, 4) is 0 Å². The third-order valence-electron chi connectivity index (χ3n) is 7.93. The van der Waals surface area contributed by atoms with E-state index in [-0.39, 0.29) is 17.6 Å². The minimum absolute atomic E-state index is 0.0404. The summed E-state index contributed by atoms with van der Waals surface area (Å²) in [7, 11) is 0. The van der Waals surface area contributed by atoms with Crippen LogP contribution in [0, 0.1) is 23.2 Å². The van der Waals surface area contributed by atoms with E-state index < -0.39 is 82.5 Å². The molecular weight excluding hydrogens is 556 g/mol. The summed E-state index contributed by atoms with van der Waals surface area (Å²) in [5.74, 6) is -6.18. The lowest BCUT2D eigenvalue weighted by Crippen LogP contribution is -2.51. The van der Waals surface area contributed by atoms with Crippen LogP contribution in [0.25, 0.3) is 0 Å². The molecule has 2 aliphatic rings. The molecule has 0 amide bonds. The maximum atomic E-state index is 14.3. The van der Waals surface area contributed by atoms with Crippen LogP contribution >= 0.6 is 0 Å². The predicted molar refractivity (Wildman–Crippen MR) is 154 cm³/mol. The second-order valence-corrected chi connectivity index (χ2v) is 12.0.